The summed E-state index contributed by atoms with van der Waals surface area (Å²) in [6.07, 6.45) is 0. The highest BCUT2D eigenvalue weighted by Crippen LogP contribution is 2.21. The Morgan fingerprint density at radius 1 is 1.07 bits per heavy atom. The van der Waals surface area contributed by atoms with Crippen LogP contribution in [0.2, 0.25) is 0 Å². The summed E-state index contributed by atoms with van der Waals surface area (Å²) in [4.78, 5) is 12.5. The van der Waals surface area contributed by atoms with Gasteiger partial charge in [0.25, 0.3) is 15.9 Å². The second-order valence-corrected chi connectivity index (χ2v) is 8.46. The highest BCUT2D eigenvalue weighted by molar-refractivity contribution is 9.10. The fourth-order valence-corrected chi connectivity index (χ4v) is 3.70. The van der Waals surface area contributed by atoms with Crippen LogP contribution in [0.3, 0.4) is 0 Å². The molecule has 27 heavy (non-hydrogen) atoms. The Morgan fingerprint density at radius 2 is 1.78 bits per heavy atom. The van der Waals surface area contributed by atoms with Gasteiger partial charge in [0.15, 0.2) is 5.82 Å². The molecule has 0 spiro atoms. The van der Waals surface area contributed by atoms with Crippen molar-refractivity contribution in [1.29, 1.82) is 0 Å². The lowest BCUT2D eigenvalue weighted by Crippen LogP contribution is -2.17. The monoisotopic (exact) mass is 449 g/mol. The van der Waals surface area contributed by atoms with E-state index in [-0.39, 0.29) is 16.3 Å². The van der Waals surface area contributed by atoms with E-state index in [0.717, 1.165) is 4.47 Å². The largest absolute Gasteiger partial charge is 0.360 e. The van der Waals surface area contributed by atoms with E-state index in [1.807, 2.05) is 0 Å². The minimum atomic E-state index is -3.85. The number of nitrogens with one attached hydrogen (secondary N) is 2. The van der Waals surface area contributed by atoms with Crippen LogP contribution in [-0.4, -0.2) is 19.5 Å². The van der Waals surface area contributed by atoms with Crippen LogP contribution < -0.4 is 10.0 Å². The summed E-state index contributed by atoms with van der Waals surface area (Å²) < 4.78 is 33.5. The highest BCUT2D eigenvalue weighted by Gasteiger charge is 2.19. The summed E-state index contributed by atoms with van der Waals surface area (Å²) in [6.45, 7) is 3.43. The SMILES string of the molecule is Cc1cc(NC(=O)c2cc(S(=O)(=O)Nc3ccc(Br)cc3)ccc2C)no1. The van der Waals surface area contributed by atoms with E-state index < -0.39 is 15.9 Å². The van der Waals surface area contributed by atoms with E-state index in [1.54, 1.807) is 50.2 Å². The second kappa shape index (κ2) is 7.53. The smallest absolute Gasteiger partial charge is 0.261 e. The molecule has 0 aliphatic rings. The Kier molecular flexibility index (Phi) is 5.33. The first-order valence-electron chi connectivity index (χ1n) is 7.88. The zero-order chi connectivity index (χ0) is 19.6. The quantitative estimate of drug-likeness (QED) is 0.610. The van der Waals surface area contributed by atoms with Gasteiger partial charge in [0.2, 0.25) is 0 Å². The fourth-order valence-electron chi connectivity index (χ4n) is 2.35. The first-order valence-corrected chi connectivity index (χ1v) is 10.2. The van der Waals surface area contributed by atoms with E-state index in [1.165, 1.54) is 12.1 Å². The van der Waals surface area contributed by atoms with E-state index in [2.05, 4.69) is 31.1 Å². The van der Waals surface area contributed by atoms with Gasteiger partial charge in [-0.25, -0.2) is 8.42 Å². The maximum absolute atomic E-state index is 12.7. The third kappa shape index (κ3) is 4.55. The molecule has 0 radical (unpaired) electrons. The lowest BCUT2D eigenvalue weighted by molar-refractivity contribution is 0.102. The topological polar surface area (TPSA) is 101 Å². The molecule has 0 saturated carbocycles. The molecular formula is C18H16BrN3O4S. The number of carbonyl (C=O) groups excluding carboxylic acids is 1. The Morgan fingerprint density at radius 3 is 2.41 bits per heavy atom. The predicted octanol–water partition coefficient (Wildman–Crippen LogP) is 4.11. The molecule has 9 heteroatoms. The zero-order valence-corrected chi connectivity index (χ0v) is 16.9. The van der Waals surface area contributed by atoms with Crippen molar-refractivity contribution in [2.75, 3.05) is 10.0 Å². The van der Waals surface area contributed by atoms with E-state index in [4.69, 9.17) is 4.52 Å². The number of nitrogens with zero attached hydrogens (tertiary/aromatic N) is 1. The van der Waals surface area contributed by atoms with Crippen molar-refractivity contribution in [3.05, 3.63) is 69.9 Å². The molecule has 3 aromatic rings. The number of halogens is 1. The molecule has 0 saturated heterocycles. The van der Waals surface area contributed by atoms with Gasteiger partial charge in [0.1, 0.15) is 5.76 Å². The van der Waals surface area contributed by atoms with Crippen LogP contribution in [0.1, 0.15) is 21.7 Å². The van der Waals surface area contributed by atoms with Crippen molar-refractivity contribution < 1.29 is 17.7 Å². The molecule has 0 atom stereocenters. The van der Waals surface area contributed by atoms with Crippen LogP contribution in [-0.2, 0) is 10.0 Å². The first kappa shape index (κ1) is 19.1. The molecule has 0 bridgehead atoms. The van der Waals surface area contributed by atoms with Gasteiger partial charge in [-0.15, -0.1) is 0 Å². The highest BCUT2D eigenvalue weighted by atomic mass is 79.9. The number of aromatic nitrogens is 1. The number of carbonyl (C=O) groups is 1. The van der Waals surface area contributed by atoms with E-state index in [9.17, 15) is 13.2 Å². The second-order valence-electron chi connectivity index (χ2n) is 5.87. The molecule has 2 N–H and O–H groups in total. The Hall–Kier alpha value is -2.65. The third-order valence-electron chi connectivity index (χ3n) is 3.73. The summed E-state index contributed by atoms with van der Waals surface area (Å²) in [5.41, 5.74) is 1.28. The average Bonchev–Trinajstić information content (AvgIpc) is 3.01. The number of anilines is 2. The van der Waals surface area contributed by atoms with Crippen LogP contribution in [0.25, 0.3) is 0 Å². The fraction of sp³-hybridized carbons (Fsp3) is 0.111. The van der Waals surface area contributed by atoms with Crippen LogP contribution >= 0.6 is 15.9 Å². The summed E-state index contributed by atoms with van der Waals surface area (Å²) >= 11 is 3.30. The van der Waals surface area contributed by atoms with Crippen molar-refractivity contribution in [3.63, 3.8) is 0 Å². The molecule has 1 heterocycles. The molecule has 140 valence electrons. The Labute approximate surface area is 164 Å². The number of hydrogen-bond acceptors (Lipinski definition) is 5. The number of hydrogen-bond donors (Lipinski definition) is 2. The Balaban J connectivity index is 1.87. The molecule has 0 aliphatic heterocycles. The molecular weight excluding hydrogens is 434 g/mol. The molecule has 2 aromatic carbocycles. The molecule has 3 rings (SSSR count). The van der Waals surface area contributed by atoms with Gasteiger partial charge in [-0.3, -0.25) is 9.52 Å². The molecule has 0 fully saturated rings. The molecule has 0 aliphatic carbocycles. The molecule has 1 amide bonds. The number of amides is 1. The molecule has 1 aromatic heterocycles. The predicted molar refractivity (Wildman–Crippen MR) is 105 cm³/mol. The number of rotatable bonds is 5. The summed E-state index contributed by atoms with van der Waals surface area (Å²) in [7, 11) is -3.85. The maximum Gasteiger partial charge on any atom is 0.261 e. The minimum Gasteiger partial charge on any atom is -0.360 e. The van der Waals surface area contributed by atoms with Crippen LogP contribution in [0.15, 0.2) is 62.4 Å². The number of aryl methyl sites for hydroxylation is 2. The first-order chi connectivity index (χ1) is 12.7. The standard InChI is InChI=1S/C18H16BrN3O4S/c1-11-3-8-15(27(24,25)22-14-6-4-13(19)5-7-14)10-16(11)18(23)20-17-9-12(2)26-21-17/h3-10,22H,1-2H3,(H,20,21,23). The third-order valence-corrected chi connectivity index (χ3v) is 5.64. The Bertz CT molecular complexity index is 1090. The summed E-state index contributed by atoms with van der Waals surface area (Å²) in [5, 5.41) is 6.29. The number of sulfonamides is 1. The van der Waals surface area contributed by atoms with Gasteiger partial charge in [-0.05, 0) is 55.8 Å². The van der Waals surface area contributed by atoms with Gasteiger partial charge < -0.3 is 9.84 Å². The van der Waals surface area contributed by atoms with Crippen molar-refractivity contribution >= 4 is 43.4 Å². The summed E-state index contributed by atoms with van der Waals surface area (Å²) in [5.74, 6) is 0.344. The van der Waals surface area contributed by atoms with Gasteiger partial charge in [-0.1, -0.05) is 27.2 Å². The maximum atomic E-state index is 12.7. The van der Waals surface area contributed by atoms with Crippen LogP contribution in [0, 0.1) is 13.8 Å². The van der Waals surface area contributed by atoms with Gasteiger partial charge >= 0.3 is 0 Å². The van der Waals surface area contributed by atoms with E-state index >= 15 is 0 Å². The molecule has 7 nitrogen and oxygen atoms in total. The van der Waals surface area contributed by atoms with Crippen LogP contribution in [0.5, 0.6) is 0 Å². The lowest BCUT2D eigenvalue weighted by Gasteiger charge is -2.11. The lowest BCUT2D eigenvalue weighted by atomic mass is 10.1. The minimum absolute atomic E-state index is 0.0162. The van der Waals surface area contributed by atoms with E-state index in [0.29, 0.717) is 17.0 Å². The molecule has 0 unspecified atom stereocenters. The van der Waals surface area contributed by atoms with Gasteiger partial charge in [0.05, 0.1) is 4.90 Å². The number of benzene rings is 2. The van der Waals surface area contributed by atoms with Crippen molar-refractivity contribution in [2.24, 2.45) is 0 Å². The van der Waals surface area contributed by atoms with Crippen molar-refractivity contribution in [3.8, 4) is 0 Å². The van der Waals surface area contributed by atoms with Crippen molar-refractivity contribution in [1.82, 2.24) is 5.16 Å². The summed E-state index contributed by atoms with van der Waals surface area (Å²) in [6, 6.07) is 12.7. The van der Waals surface area contributed by atoms with Crippen molar-refractivity contribution in [2.45, 2.75) is 18.7 Å². The normalized spacial score (nSPS) is 11.2. The van der Waals surface area contributed by atoms with Gasteiger partial charge in [0, 0.05) is 21.8 Å². The van der Waals surface area contributed by atoms with Crippen LogP contribution in [0.4, 0.5) is 11.5 Å². The average molecular weight is 450 g/mol. The van der Waals surface area contributed by atoms with Gasteiger partial charge in [-0.2, -0.15) is 0 Å². The zero-order valence-electron chi connectivity index (χ0n) is 14.5.